The molecule has 0 saturated heterocycles. The SMILES string of the molecule is Cc1cc(NCc2cccc(OC(C)C)c2)cnc1Br. The van der Waals surface area contributed by atoms with Gasteiger partial charge in [-0.2, -0.15) is 0 Å². The summed E-state index contributed by atoms with van der Waals surface area (Å²) in [6, 6.07) is 10.2. The molecule has 2 rings (SSSR count). The van der Waals surface area contributed by atoms with Gasteiger partial charge in [0.2, 0.25) is 0 Å². The van der Waals surface area contributed by atoms with Gasteiger partial charge in [0.1, 0.15) is 10.4 Å². The lowest BCUT2D eigenvalue weighted by atomic mass is 10.2. The maximum atomic E-state index is 5.70. The Morgan fingerprint density at radius 3 is 2.80 bits per heavy atom. The number of aromatic nitrogens is 1. The van der Waals surface area contributed by atoms with Gasteiger partial charge in [-0.1, -0.05) is 12.1 Å². The van der Waals surface area contributed by atoms with Crippen molar-refractivity contribution in [2.24, 2.45) is 0 Å². The van der Waals surface area contributed by atoms with E-state index >= 15 is 0 Å². The van der Waals surface area contributed by atoms with Gasteiger partial charge in [0, 0.05) is 6.54 Å². The summed E-state index contributed by atoms with van der Waals surface area (Å²) in [4.78, 5) is 4.28. The summed E-state index contributed by atoms with van der Waals surface area (Å²) >= 11 is 3.40. The van der Waals surface area contributed by atoms with E-state index in [0.717, 1.165) is 28.1 Å². The second kappa shape index (κ2) is 6.75. The van der Waals surface area contributed by atoms with Crippen LogP contribution in [0.2, 0.25) is 0 Å². The topological polar surface area (TPSA) is 34.1 Å². The zero-order valence-electron chi connectivity index (χ0n) is 12.0. The zero-order valence-corrected chi connectivity index (χ0v) is 13.6. The molecule has 1 aromatic carbocycles. The highest BCUT2D eigenvalue weighted by Crippen LogP contribution is 2.19. The molecule has 0 unspecified atom stereocenters. The smallest absolute Gasteiger partial charge is 0.120 e. The minimum atomic E-state index is 0.191. The van der Waals surface area contributed by atoms with E-state index in [1.807, 2.05) is 39.1 Å². The van der Waals surface area contributed by atoms with Crippen LogP contribution in [0.5, 0.6) is 5.75 Å². The molecular weight excluding hydrogens is 316 g/mol. The number of hydrogen-bond acceptors (Lipinski definition) is 3. The van der Waals surface area contributed by atoms with Gasteiger partial charge in [-0.3, -0.25) is 0 Å². The molecular formula is C16H19BrN2O. The third-order valence-electron chi connectivity index (χ3n) is 2.78. The number of aryl methyl sites for hydroxylation is 1. The second-order valence-corrected chi connectivity index (χ2v) is 5.75. The summed E-state index contributed by atoms with van der Waals surface area (Å²) in [5.74, 6) is 0.907. The fourth-order valence-electron chi connectivity index (χ4n) is 1.86. The van der Waals surface area contributed by atoms with Crippen LogP contribution in [0.4, 0.5) is 5.69 Å². The molecule has 20 heavy (non-hydrogen) atoms. The third-order valence-corrected chi connectivity index (χ3v) is 3.61. The molecule has 1 aromatic heterocycles. The number of anilines is 1. The Morgan fingerprint density at radius 2 is 2.10 bits per heavy atom. The monoisotopic (exact) mass is 334 g/mol. The van der Waals surface area contributed by atoms with E-state index in [-0.39, 0.29) is 6.10 Å². The predicted molar refractivity (Wildman–Crippen MR) is 86.2 cm³/mol. The molecule has 0 aliphatic rings. The number of nitrogens with zero attached hydrogens (tertiary/aromatic N) is 1. The number of benzene rings is 1. The average molecular weight is 335 g/mol. The van der Waals surface area contributed by atoms with Crippen LogP contribution in [0.3, 0.4) is 0 Å². The minimum absolute atomic E-state index is 0.191. The van der Waals surface area contributed by atoms with Gasteiger partial charge in [-0.25, -0.2) is 4.98 Å². The molecule has 0 atom stereocenters. The summed E-state index contributed by atoms with van der Waals surface area (Å²) in [6.07, 6.45) is 2.02. The highest BCUT2D eigenvalue weighted by molar-refractivity contribution is 9.10. The number of pyridine rings is 1. The molecule has 2 aromatic rings. The van der Waals surface area contributed by atoms with Crippen molar-refractivity contribution in [1.82, 2.24) is 4.98 Å². The molecule has 1 N–H and O–H groups in total. The van der Waals surface area contributed by atoms with Gasteiger partial charge < -0.3 is 10.1 Å². The van der Waals surface area contributed by atoms with Crippen molar-refractivity contribution in [3.8, 4) is 5.75 Å². The third kappa shape index (κ3) is 4.23. The van der Waals surface area contributed by atoms with Crippen LogP contribution < -0.4 is 10.1 Å². The number of ether oxygens (including phenoxy) is 1. The molecule has 0 aliphatic carbocycles. The lowest BCUT2D eigenvalue weighted by Crippen LogP contribution is -2.06. The summed E-state index contributed by atoms with van der Waals surface area (Å²) in [6.45, 7) is 6.83. The van der Waals surface area contributed by atoms with Crippen LogP contribution in [0.1, 0.15) is 25.0 Å². The number of halogens is 1. The summed E-state index contributed by atoms with van der Waals surface area (Å²) in [5.41, 5.74) is 3.32. The Bertz CT molecular complexity index is 584. The summed E-state index contributed by atoms with van der Waals surface area (Å²) in [7, 11) is 0. The van der Waals surface area contributed by atoms with Crippen LogP contribution in [0.15, 0.2) is 41.1 Å². The van der Waals surface area contributed by atoms with Gasteiger partial charge in [-0.05, 0) is 66.0 Å². The largest absolute Gasteiger partial charge is 0.491 e. The molecule has 106 valence electrons. The Labute approximate surface area is 128 Å². The van der Waals surface area contributed by atoms with Crippen molar-refractivity contribution in [3.05, 3.63) is 52.3 Å². The van der Waals surface area contributed by atoms with Crippen LogP contribution in [0, 0.1) is 6.92 Å². The zero-order chi connectivity index (χ0) is 14.5. The van der Waals surface area contributed by atoms with Crippen molar-refractivity contribution in [1.29, 1.82) is 0 Å². The maximum Gasteiger partial charge on any atom is 0.120 e. The lowest BCUT2D eigenvalue weighted by molar-refractivity contribution is 0.242. The molecule has 0 fully saturated rings. The summed E-state index contributed by atoms with van der Waals surface area (Å²) < 4.78 is 6.58. The van der Waals surface area contributed by atoms with E-state index in [1.165, 1.54) is 5.56 Å². The predicted octanol–water partition coefficient (Wildman–Crippen LogP) is 4.55. The van der Waals surface area contributed by atoms with Crippen molar-refractivity contribution < 1.29 is 4.74 Å². The normalized spacial score (nSPS) is 10.7. The molecule has 0 radical (unpaired) electrons. The van der Waals surface area contributed by atoms with Crippen LogP contribution in [-0.2, 0) is 6.54 Å². The molecule has 0 amide bonds. The number of hydrogen-bond donors (Lipinski definition) is 1. The van der Waals surface area contributed by atoms with Gasteiger partial charge in [0.15, 0.2) is 0 Å². The van der Waals surface area contributed by atoms with Crippen LogP contribution >= 0.6 is 15.9 Å². The van der Waals surface area contributed by atoms with Crippen molar-refractivity contribution in [3.63, 3.8) is 0 Å². The molecule has 4 heteroatoms. The van der Waals surface area contributed by atoms with Crippen molar-refractivity contribution in [2.45, 2.75) is 33.4 Å². The Kier molecular flexibility index (Phi) is 5.01. The fourth-order valence-corrected chi connectivity index (χ4v) is 2.08. The Hall–Kier alpha value is -1.55. The molecule has 0 bridgehead atoms. The average Bonchev–Trinajstić information content (AvgIpc) is 2.40. The Morgan fingerprint density at radius 1 is 1.30 bits per heavy atom. The van der Waals surface area contributed by atoms with Crippen LogP contribution in [-0.4, -0.2) is 11.1 Å². The first kappa shape index (κ1) is 14.9. The van der Waals surface area contributed by atoms with E-state index in [0.29, 0.717) is 0 Å². The van der Waals surface area contributed by atoms with Crippen molar-refractivity contribution in [2.75, 3.05) is 5.32 Å². The van der Waals surface area contributed by atoms with E-state index in [9.17, 15) is 0 Å². The second-order valence-electron chi connectivity index (χ2n) is 5.00. The highest BCUT2D eigenvalue weighted by atomic mass is 79.9. The van der Waals surface area contributed by atoms with E-state index in [4.69, 9.17) is 4.74 Å². The summed E-state index contributed by atoms with van der Waals surface area (Å²) in [5, 5.41) is 3.37. The van der Waals surface area contributed by atoms with Crippen molar-refractivity contribution >= 4 is 21.6 Å². The lowest BCUT2D eigenvalue weighted by Gasteiger charge is -2.12. The van der Waals surface area contributed by atoms with E-state index < -0.39 is 0 Å². The number of nitrogens with one attached hydrogen (secondary N) is 1. The standard InChI is InChI=1S/C16H19BrN2O/c1-11(2)20-15-6-4-5-13(8-15)9-18-14-7-12(3)16(17)19-10-14/h4-8,10-11,18H,9H2,1-3H3. The first-order valence-electron chi connectivity index (χ1n) is 6.66. The number of rotatable bonds is 5. The first-order valence-corrected chi connectivity index (χ1v) is 7.45. The fraction of sp³-hybridized carbons (Fsp3) is 0.312. The van der Waals surface area contributed by atoms with E-state index in [1.54, 1.807) is 0 Å². The molecule has 3 nitrogen and oxygen atoms in total. The first-order chi connectivity index (χ1) is 9.54. The van der Waals surface area contributed by atoms with Gasteiger partial charge >= 0.3 is 0 Å². The van der Waals surface area contributed by atoms with Gasteiger partial charge in [-0.15, -0.1) is 0 Å². The minimum Gasteiger partial charge on any atom is -0.491 e. The quantitative estimate of drug-likeness (QED) is 0.814. The van der Waals surface area contributed by atoms with E-state index in [2.05, 4.69) is 44.4 Å². The Balaban J connectivity index is 2.01. The molecule has 0 saturated carbocycles. The highest BCUT2D eigenvalue weighted by Gasteiger charge is 2.01. The van der Waals surface area contributed by atoms with Gasteiger partial charge in [0.25, 0.3) is 0 Å². The molecule has 0 spiro atoms. The van der Waals surface area contributed by atoms with Crippen LogP contribution in [0.25, 0.3) is 0 Å². The molecule has 1 heterocycles. The maximum absolute atomic E-state index is 5.70. The van der Waals surface area contributed by atoms with Gasteiger partial charge in [0.05, 0.1) is 18.0 Å². The molecule has 0 aliphatic heterocycles.